The zero-order valence-corrected chi connectivity index (χ0v) is 18.6. The van der Waals surface area contributed by atoms with E-state index in [4.69, 9.17) is 9.84 Å². The van der Waals surface area contributed by atoms with Crippen LogP contribution in [0.2, 0.25) is 0 Å². The van der Waals surface area contributed by atoms with Crippen molar-refractivity contribution >= 4 is 51.3 Å². The van der Waals surface area contributed by atoms with Crippen LogP contribution in [0.25, 0.3) is 16.8 Å². The van der Waals surface area contributed by atoms with Gasteiger partial charge in [0.15, 0.2) is 5.17 Å². The molecule has 3 aromatic carbocycles. The molecule has 162 valence electrons. The van der Waals surface area contributed by atoms with E-state index in [-0.39, 0.29) is 11.5 Å². The molecule has 32 heavy (non-hydrogen) atoms. The topological polar surface area (TPSA) is 79.2 Å². The smallest absolute Gasteiger partial charge is 0.335 e. The number of amides is 1. The Morgan fingerprint density at radius 2 is 1.78 bits per heavy atom. The van der Waals surface area contributed by atoms with E-state index in [0.717, 1.165) is 22.1 Å². The molecule has 1 aliphatic rings. The number of carboxylic acids is 1. The Hall–Kier alpha value is -3.58. The summed E-state index contributed by atoms with van der Waals surface area (Å²) in [5.41, 5.74) is 1.72. The molecule has 1 fully saturated rings. The van der Waals surface area contributed by atoms with Crippen LogP contribution >= 0.6 is 11.8 Å². The molecule has 1 N–H and O–H groups in total. The van der Waals surface area contributed by atoms with Crippen molar-refractivity contribution in [1.29, 1.82) is 0 Å². The molecule has 4 rings (SSSR count). The van der Waals surface area contributed by atoms with Gasteiger partial charge >= 0.3 is 5.97 Å². The Kier molecular flexibility index (Phi) is 6.28. The molecule has 6 nitrogen and oxygen atoms in total. The molecule has 1 saturated heterocycles. The first-order valence-corrected chi connectivity index (χ1v) is 11.1. The molecular weight excluding hydrogens is 424 g/mol. The lowest BCUT2D eigenvalue weighted by Crippen LogP contribution is -2.28. The second-order valence-electron chi connectivity index (χ2n) is 7.04. The van der Waals surface area contributed by atoms with Gasteiger partial charge in [0, 0.05) is 11.9 Å². The van der Waals surface area contributed by atoms with E-state index in [0.29, 0.717) is 28.9 Å². The average molecular weight is 447 g/mol. The van der Waals surface area contributed by atoms with Crippen LogP contribution in [0.5, 0.6) is 5.75 Å². The maximum Gasteiger partial charge on any atom is 0.335 e. The second-order valence-corrected chi connectivity index (χ2v) is 8.05. The van der Waals surface area contributed by atoms with Gasteiger partial charge in [0.1, 0.15) is 5.75 Å². The number of carboxylic acid groups (broad SMARTS) is 1. The zero-order valence-electron chi connectivity index (χ0n) is 17.7. The fraction of sp³-hybridized carbons (Fsp3) is 0.160. The number of thioether (sulfide) groups is 1. The average Bonchev–Trinajstić information content (AvgIpc) is 3.09. The molecule has 0 saturated carbocycles. The second kappa shape index (κ2) is 9.28. The molecule has 0 unspecified atom stereocenters. The Labute approximate surface area is 190 Å². The number of hydrogen-bond acceptors (Lipinski definition) is 5. The molecular formula is C25H22N2O4S. The number of carbonyl (C=O) groups excluding carboxylic acids is 1. The van der Waals surface area contributed by atoms with Crippen molar-refractivity contribution < 1.29 is 19.4 Å². The van der Waals surface area contributed by atoms with Crippen LogP contribution in [0.4, 0.5) is 5.69 Å². The molecule has 3 aromatic rings. The van der Waals surface area contributed by atoms with Gasteiger partial charge in [-0.05, 0) is 73.0 Å². The highest BCUT2D eigenvalue weighted by atomic mass is 32.2. The van der Waals surface area contributed by atoms with Gasteiger partial charge in [-0.25, -0.2) is 9.79 Å². The number of fused-ring (bicyclic) bond motifs is 1. The summed E-state index contributed by atoms with van der Waals surface area (Å²) in [6.45, 7) is 4.92. The summed E-state index contributed by atoms with van der Waals surface area (Å²) in [6, 6.07) is 18.1. The number of ether oxygens (including phenoxy) is 1. The van der Waals surface area contributed by atoms with Gasteiger partial charge in [-0.1, -0.05) is 30.3 Å². The van der Waals surface area contributed by atoms with Gasteiger partial charge in [0.25, 0.3) is 5.91 Å². The molecule has 7 heteroatoms. The Bertz CT molecular complexity index is 1250. The Balaban J connectivity index is 1.70. The maximum absolute atomic E-state index is 13.0. The van der Waals surface area contributed by atoms with Crippen molar-refractivity contribution in [3.8, 4) is 5.75 Å². The number of nitrogens with zero attached hydrogens (tertiary/aromatic N) is 2. The summed E-state index contributed by atoms with van der Waals surface area (Å²) in [6.07, 6.45) is 1.89. The van der Waals surface area contributed by atoms with E-state index in [9.17, 15) is 9.59 Å². The van der Waals surface area contributed by atoms with E-state index >= 15 is 0 Å². The van der Waals surface area contributed by atoms with Crippen molar-refractivity contribution in [1.82, 2.24) is 4.90 Å². The van der Waals surface area contributed by atoms with Crippen LogP contribution in [0, 0.1) is 0 Å². The third kappa shape index (κ3) is 4.24. The summed E-state index contributed by atoms with van der Waals surface area (Å²) in [7, 11) is 0. The van der Waals surface area contributed by atoms with Crippen LogP contribution in [0.15, 0.2) is 70.6 Å². The lowest BCUT2D eigenvalue weighted by Gasteiger charge is -2.12. The molecule has 0 aromatic heterocycles. The minimum absolute atomic E-state index is 0.101. The molecule has 0 bridgehead atoms. The SMILES string of the molecule is CCOc1ccc(/C=C2/SC(=Nc3ccc(C(=O)O)cc3)N(CC)C2=O)c2ccccc12. The first-order valence-electron chi connectivity index (χ1n) is 10.3. The fourth-order valence-corrected chi connectivity index (χ4v) is 4.56. The first-order chi connectivity index (χ1) is 15.5. The van der Waals surface area contributed by atoms with Crippen molar-refractivity contribution in [2.45, 2.75) is 13.8 Å². The highest BCUT2D eigenvalue weighted by Crippen LogP contribution is 2.36. The predicted octanol–water partition coefficient (Wildman–Crippen LogP) is 5.56. The molecule has 1 aliphatic heterocycles. The number of aromatic carboxylic acids is 1. The van der Waals surface area contributed by atoms with E-state index in [2.05, 4.69) is 4.99 Å². The summed E-state index contributed by atoms with van der Waals surface area (Å²) in [4.78, 5) is 30.9. The molecule has 1 amide bonds. The number of aliphatic imine (C=N–C) groups is 1. The zero-order chi connectivity index (χ0) is 22.7. The van der Waals surface area contributed by atoms with Crippen LogP contribution < -0.4 is 4.74 Å². The lowest BCUT2D eigenvalue weighted by atomic mass is 10.0. The van der Waals surface area contributed by atoms with Crippen LogP contribution in [-0.2, 0) is 4.79 Å². The number of carbonyl (C=O) groups is 2. The molecule has 0 atom stereocenters. The number of rotatable bonds is 6. The quantitative estimate of drug-likeness (QED) is 0.502. The van der Waals surface area contributed by atoms with Crippen LogP contribution in [-0.4, -0.2) is 40.2 Å². The number of benzene rings is 3. The van der Waals surface area contributed by atoms with Gasteiger partial charge in [-0.15, -0.1) is 0 Å². The molecule has 1 heterocycles. The highest BCUT2D eigenvalue weighted by molar-refractivity contribution is 8.18. The van der Waals surface area contributed by atoms with Gasteiger partial charge in [0.05, 0.1) is 22.8 Å². The third-order valence-corrected chi connectivity index (χ3v) is 6.05. The van der Waals surface area contributed by atoms with Crippen molar-refractivity contribution in [2.24, 2.45) is 4.99 Å². The van der Waals surface area contributed by atoms with Crippen molar-refractivity contribution in [3.63, 3.8) is 0 Å². The molecule has 0 aliphatic carbocycles. The van der Waals surface area contributed by atoms with E-state index in [1.165, 1.54) is 23.9 Å². The van der Waals surface area contributed by atoms with Gasteiger partial charge in [-0.2, -0.15) is 0 Å². The van der Waals surface area contributed by atoms with Crippen LogP contribution in [0.1, 0.15) is 29.8 Å². The number of hydrogen-bond donors (Lipinski definition) is 1. The summed E-state index contributed by atoms with van der Waals surface area (Å²) in [5, 5.41) is 11.6. The molecule has 0 radical (unpaired) electrons. The fourth-order valence-electron chi connectivity index (χ4n) is 3.50. The van der Waals surface area contributed by atoms with E-state index in [1.807, 2.05) is 56.3 Å². The summed E-state index contributed by atoms with van der Waals surface area (Å²) >= 11 is 1.31. The van der Waals surface area contributed by atoms with Gasteiger partial charge < -0.3 is 9.84 Å². The maximum atomic E-state index is 13.0. The number of likely N-dealkylation sites (N-methyl/N-ethyl adjacent to an activating group) is 1. The van der Waals surface area contributed by atoms with Crippen molar-refractivity contribution in [3.05, 3.63) is 76.7 Å². The Morgan fingerprint density at radius 1 is 1.06 bits per heavy atom. The summed E-state index contributed by atoms with van der Waals surface area (Å²) in [5.74, 6) is -0.271. The first kappa shape index (κ1) is 21.6. The lowest BCUT2D eigenvalue weighted by molar-refractivity contribution is -0.122. The standard InChI is InChI=1S/C25H22N2O4S/c1-3-27-23(28)22(32-25(27)26-18-12-9-16(10-13-18)24(29)30)15-17-11-14-21(31-4-2)20-8-6-5-7-19(17)20/h5-15H,3-4H2,1-2H3,(H,29,30)/b22-15+,26-25?. The van der Waals surface area contributed by atoms with Gasteiger partial charge in [0.2, 0.25) is 0 Å². The third-order valence-electron chi connectivity index (χ3n) is 5.05. The number of amidine groups is 1. The minimum atomic E-state index is -0.988. The monoisotopic (exact) mass is 446 g/mol. The summed E-state index contributed by atoms with van der Waals surface area (Å²) < 4.78 is 5.75. The highest BCUT2D eigenvalue weighted by Gasteiger charge is 2.32. The minimum Gasteiger partial charge on any atom is -0.493 e. The largest absolute Gasteiger partial charge is 0.493 e. The van der Waals surface area contributed by atoms with Crippen molar-refractivity contribution in [2.75, 3.05) is 13.2 Å². The predicted molar refractivity (Wildman–Crippen MR) is 129 cm³/mol. The van der Waals surface area contributed by atoms with Crippen LogP contribution in [0.3, 0.4) is 0 Å². The van der Waals surface area contributed by atoms with E-state index in [1.54, 1.807) is 17.0 Å². The van der Waals surface area contributed by atoms with Gasteiger partial charge in [-0.3, -0.25) is 9.69 Å². The normalized spacial score (nSPS) is 16.3. The molecule has 0 spiro atoms. The van der Waals surface area contributed by atoms with E-state index < -0.39 is 5.97 Å². The Morgan fingerprint density at radius 3 is 2.44 bits per heavy atom.